The van der Waals surface area contributed by atoms with E-state index in [0.717, 1.165) is 0 Å². The SMILES string of the molecule is Cc1cc2c(-c3ccccc3)c3c(cc2[cH-]1)CCC3.Cc1cc2c(-c3ccccc3)cccc2[cH-]1.[CH3-].[CH3-].[Si]=[Zr]. The molecule has 0 nitrogen and oxygen atoms in total. The zero-order chi connectivity index (χ0) is 25.8. The van der Waals surface area contributed by atoms with Crippen molar-refractivity contribution in [2.45, 2.75) is 33.1 Å². The van der Waals surface area contributed by atoms with Crippen LogP contribution in [-0.2, 0) is 36.2 Å². The molecule has 2 radical (unpaired) electrons. The Hall–Kier alpha value is -2.80. The van der Waals surface area contributed by atoms with Gasteiger partial charge in [0.15, 0.2) is 0 Å². The molecule has 1 aliphatic rings. The molecule has 2 heteroatoms. The molecule has 7 rings (SSSR count). The first-order chi connectivity index (χ1) is 18.2. The quantitative estimate of drug-likeness (QED) is 0.137. The first kappa shape index (κ1) is 30.7. The summed E-state index contributed by atoms with van der Waals surface area (Å²) >= 11 is 1.36. The predicted octanol–water partition coefficient (Wildman–Crippen LogP) is 10.1. The molecule has 0 aliphatic heterocycles. The van der Waals surface area contributed by atoms with Crippen molar-refractivity contribution < 1.29 is 23.3 Å². The summed E-state index contributed by atoms with van der Waals surface area (Å²) in [5, 5.41) is 5.53. The molecule has 1 aliphatic carbocycles. The number of hydrogen-bond acceptors (Lipinski definition) is 0. The summed E-state index contributed by atoms with van der Waals surface area (Å²) in [5.41, 5.74) is 11.3. The van der Waals surface area contributed by atoms with Crippen LogP contribution in [0.25, 0.3) is 43.8 Å². The zero-order valence-electron chi connectivity index (χ0n) is 23.5. The van der Waals surface area contributed by atoms with E-state index in [1.807, 2.05) is 0 Å². The third-order valence-corrected chi connectivity index (χ3v) is 7.27. The molecule has 0 aromatic heterocycles. The first-order valence-corrected chi connectivity index (χ1v) is 17.1. The number of fused-ring (bicyclic) bond motifs is 3. The number of hydrogen-bond donors (Lipinski definition) is 0. The molecule has 0 saturated heterocycles. The molecule has 0 fully saturated rings. The van der Waals surface area contributed by atoms with Gasteiger partial charge in [0.1, 0.15) is 0 Å². The van der Waals surface area contributed by atoms with Crippen LogP contribution in [0.15, 0.2) is 109 Å². The molecule has 0 N–H and O–H groups in total. The normalized spacial score (nSPS) is 11.3. The van der Waals surface area contributed by atoms with Gasteiger partial charge in [0.25, 0.3) is 0 Å². The minimum atomic E-state index is 0. The van der Waals surface area contributed by atoms with E-state index < -0.39 is 0 Å². The van der Waals surface area contributed by atoms with Crippen LogP contribution in [0, 0.1) is 28.7 Å². The van der Waals surface area contributed by atoms with Gasteiger partial charge in [0, 0.05) is 0 Å². The summed E-state index contributed by atoms with van der Waals surface area (Å²) in [6, 6.07) is 39.5. The van der Waals surface area contributed by atoms with E-state index in [-0.39, 0.29) is 14.9 Å². The second-order valence-corrected chi connectivity index (χ2v) is 9.85. The Labute approximate surface area is 252 Å². The van der Waals surface area contributed by atoms with Gasteiger partial charge in [0.2, 0.25) is 0 Å². The molecule has 39 heavy (non-hydrogen) atoms. The van der Waals surface area contributed by atoms with Gasteiger partial charge in [-0.3, -0.25) is 0 Å². The van der Waals surface area contributed by atoms with Crippen LogP contribution >= 0.6 is 0 Å². The van der Waals surface area contributed by atoms with Gasteiger partial charge in [-0.1, -0.05) is 103 Å². The van der Waals surface area contributed by atoms with Crippen molar-refractivity contribution >= 4 is 28.4 Å². The van der Waals surface area contributed by atoms with Crippen LogP contribution in [0.4, 0.5) is 0 Å². The van der Waals surface area contributed by atoms with Gasteiger partial charge >= 0.3 is 30.2 Å². The third-order valence-electron chi connectivity index (χ3n) is 7.27. The second kappa shape index (κ2) is 14.0. The van der Waals surface area contributed by atoms with Crippen molar-refractivity contribution in [3.05, 3.63) is 146 Å². The zero-order valence-corrected chi connectivity index (χ0v) is 27.0. The topological polar surface area (TPSA) is 0 Å². The van der Waals surface area contributed by atoms with E-state index in [1.165, 1.54) is 97.5 Å². The minimum absolute atomic E-state index is 0. The summed E-state index contributed by atoms with van der Waals surface area (Å²) in [4.78, 5) is 0. The van der Waals surface area contributed by atoms with E-state index in [1.54, 1.807) is 11.1 Å². The van der Waals surface area contributed by atoms with Gasteiger partial charge in [-0.25, -0.2) is 0 Å². The monoisotopic (exact) mass is 598 g/mol. The fourth-order valence-electron chi connectivity index (χ4n) is 5.76. The van der Waals surface area contributed by atoms with Crippen LogP contribution in [0.5, 0.6) is 0 Å². The molecular formula is C37H36SiZr-4. The molecule has 6 aromatic rings. The van der Waals surface area contributed by atoms with Crippen LogP contribution in [0.2, 0.25) is 0 Å². The van der Waals surface area contributed by atoms with Gasteiger partial charge in [-0.05, 0) is 30.4 Å². The van der Waals surface area contributed by atoms with Crippen LogP contribution in [-0.4, -0.2) is 6.88 Å². The first-order valence-electron chi connectivity index (χ1n) is 12.9. The Kier molecular flexibility index (Phi) is 11.0. The average molecular weight is 600 g/mol. The van der Waals surface area contributed by atoms with Crippen LogP contribution in [0.1, 0.15) is 28.7 Å². The van der Waals surface area contributed by atoms with Crippen molar-refractivity contribution in [2.24, 2.45) is 0 Å². The predicted molar refractivity (Wildman–Crippen MR) is 170 cm³/mol. The molecule has 0 spiro atoms. The number of aryl methyl sites for hydroxylation is 3. The van der Waals surface area contributed by atoms with Gasteiger partial charge < -0.3 is 14.9 Å². The Morgan fingerprint density at radius 2 is 1.21 bits per heavy atom. The van der Waals surface area contributed by atoms with Gasteiger partial charge in [-0.15, -0.1) is 63.0 Å². The van der Waals surface area contributed by atoms with Crippen LogP contribution in [0.3, 0.4) is 0 Å². The van der Waals surface area contributed by atoms with Crippen molar-refractivity contribution in [3.8, 4) is 22.3 Å². The van der Waals surface area contributed by atoms with Crippen molar-refractivity contribution in [2.75, 3.05) is 0 Å². The average Bonchev–Trinajstić information content (AvgIpc) is 3.66. The Bertz CT molecular complexity index is 1640. The summed E-state index contributed by atoms with van der Waals surface area (Å²) in [6.07, 6.45) is 3.79. The summed E-state index contributed by atoms with van der Waals surface area (Å²) in [6.45, 7) is 7.40. The van der Waals surface area contributed by atoms with Gasteiger partial charge in [-0.2, -0.15) is 12.1 Å². The molecule has 0 unspecified atom stereocenters. The van der Waals surface area contributed by atoms with E-state index in [9.17, 15) is 0 Å². The molecule has 0 atom stereocenters. The standard InChI is InChI=1S/C19H17.C16H13.2CH3.Si.Zr/c1-13-10-16-12-15-8-5-9-17(15)19(18(16)11-13)14-6-3-2-4-7-14;1-12-10-14-8-5-9-15(16(14)11-12)13-6-3-2-4-7-13;;;;/h2-4,6-7,10-12H,5,8-9H2,1H3;2-11H,1H3;2*1H3;;/q4*-1;;. The molecule has 6 aromatic carbocycles. The van der Waals surface area contributed by atoms with Crippen molar-refractivity contribution in [1.29, 1.82) is 0 Å². The third kappa shape index (κ3) is 6.51. The van der Waals surface area contributed by atoms with Crippen molar-refractivity contribution in [1.82, 2.24) is 0 Å². The maximum absolute atomic E-state index is 3.06. The summed E-state index contributed by atoms with van der Waals surface area (Å²) in [5.74, 6) is 0. The molecule has 0 amide bonds. The Balaban J connectivity index is 0.000000196. The number of benzene rings is 4. The fourth-order valence-corrected chi connectivity index (χ4v) is 5.76. The van der Waals surface area contributed by atoms with E-state index in [0.29, 0.717) is 0 Å². The Morgan fingerprint density at radius 3 is 1.87 bits per heavy atom. The van der Waals surface area contributed by atoms with Crippen LogP contribution < -0.4 is 0 Å². The van der Waals surface area contributed by atoms with Gasteiger partial charge in [0.05, 0.1) is 0 Å². The van der Waals surface area contributed by atoms with E-state index >= 15 is 0 Å². The molecule has 0 bridgehead atoms. The molecular weight excluding hydrogens is 564 g/mol. The fraction of sp³-hybridized carbons (Fsp3) is 0.135. The maximum atomic E-state index is 3.06. The molecule has 0 saturated carbocycles. The Morgan fingerprint density at radius 1 is 0.615 bits per heavy atom. The second-order valence-electron chi connectivity index (χ2n) is 9.85. The molecule has 0 heterocycles. The summed E-state index contributed by atoms with van der Waals surface area (Å²) < 4.78 is 0. The summed E-state index contributed by atoms with van der Waals surface area (Å²) in [7, 11) is 0. The molecule has 196 valence electrons. The number of rotatable bonds is 2. The van der Waals surface area contributed by atoms with E-state index in [4.69, 9.17) is 0 Å². The van der Waals surface area contributed by atoms with Crippen molar-refractivity contribution in [3.63, 3.8) is 0 Å². The van der Waals surface area contributed by atoms with E-state index in [2.05, 4.69) is 130 Å².